The second kappa shape index (κ2) is 7.20. The van der Waals surface area contributed by atoms with Crippen molar-refractivity contribution >= 4 is 20.9 Å². The molecule has 0 fully saturated rings. The number of hydrogen-bond donors (Lipinski definition) is 1. The number of fused-ring (bicyclic) bond motifs is 1. The van der Waals surface area contributed by atoms with Crippen LogP contribution in [0.2, 0.25) is 0 Å². The van der Waals surface area contributed by atoms with E-state index in [1.54, 1.807) is 6.20 Å². The molecule has 0 bridgehead atoms. The molecule has 0 aliphatic carbocycles. The van der Waals surface area contributed by atoms with Gasteiger partial charge < -0.3 is 4.74 Å². The summed E-state index contributed by atoms with van der Waals surface area (Å²) in [4.78, 5) is 4.31. The van der Waals surface area contributed by atoms with Crippen LogP contribution < -0.4 is 9.46 Å². The fourth-order valence-electron chi connectivity index (χ4n) is 2.51. The van der Waals surface area contributed by atoms with Gasteiger partial charge in [-0.1, -0.05) is 18.2 Å². The highest BCUT2D eigenvalue weighted by Crippen LogP contribution is 2.22. The number of para-hydroxylation sites is 1. The number of ether oxygens (including phenoxy) is 1. The summed E-state index contributed by atoms with van der Waals surface area (Å²) < 4.78 is 34.5. The van der Waals surface area contributed by atoms with Gasteiger partial charge in [0.15, 0.2) is 5.03 Å². The first kappa shape index (κ1) is 17.4. The molecule has 0 atom stereocenters. The normalized spacial score (nSPS) is 12.0. The lowest BCUT2D eigenvalue weighted by Crippen LogP contribution is -2.30. The van der Waals surface area contributed by atoms with Gasteiger partial charge in [-0.15, -0.1) is 0 Å². The third-order valence-electron chi connectivity index (χ3n) is 3.65. The lowest BCUT2D eigenvalue weighted by atomic mass is 10.2. The summed E-state index contributed by atoms with van der Waals surface area (Å²) in [5.41, 5.74) is 0.755. The maximum Gasteiger partial charge on any atom is 0.257 e. The van der Waals surface area contributed by atoms with Gasteiger partial charge in [-0.3, -0.25) is 9.67 Å². The minimum absolute atomic E-state index is 0.0421. The van der Waals surface area contributed by atoms with E-state index in [2.05, 4.69) is 14.8 Å². The van der Waals surface area contributed by atoms with Gasteiger partial charge in [0.25, 0.3) is 10.0 Å². The number of hydrogen-bond acceptors (Lipinski definition) is 5. The van der Waals surface area contributed by atoms with Gasteiger partial charge >= 0.3 is 0 Å². The van der Waals surface area contributed by atoms with Crippen LogP contribution in [0.15, 0.2) is 53.8 Å². The van der Waals surface area contributed by atoms with Gasteiger partial charge in [-0.2, -0.15) is 5.10 Å². The molecule has 8 heteroatoms. The van der Waals surface area contributed by atoms with E-state index in [0.29, 0.717) is 5.75 Å². The maximum atomic E-state index is 12.4. The lowest BCUT2D eigenvalue weighted by molar-refractivity contribution is 0.325. The molecule has 0 amide bonds. The molecule has 1 N–H and O–H groups in total. The molecule has 2 aromatic heterocycles. The molecule has 0 unspecified atom stereocenters. The second-order valence-electron chi connectivity index (χ2n) is 5.79. The Morgan fingerprint density at radius 1 is 1.16 bits per heavy atom. The summed E-state index contributed by atoms with van der Waals surface area (Å²) in [6.07, 6.45) is 3.18. The Labute approximate surface area is 146 Å². The number of nitrogens with zero attached hydrogens (tertiary/aromatic N) is 3. The van der Waals surface area contributed by atoms with Crippen LogP contribution in [-0.4, -0.2) is 36.3 Å². The zero-order valence-electron chi connectivity index (χ0n) is 14.1. The predicted molar refractivity (Wildman–Crippen MR) is 95.0 cm³/mol. The van der Waals surface area contributed by atoms with Crippen molar-refractivity contribution in [1.82, 2.24) is 19.5 Å². The van der Waals surface area contributed by atoms with Gasteiger partial charge in [0.05, 0.1) is 6.20 Å². The van der Waals surface area contributed by atoms with E-state index >= 15 is 0 Å². The molecule has 0 aliphatic rings. The minimum Gasteiger partial charge on any atom is -0.490 e. The van der Waals surface area contributed by atoms with E-state index in [9.17, 15) is 8.42 Å². The van der Waals surface area contributed by atoms with Crippen molar-refractivity contribution in [2.75, 3.05) is 13.2 Å². The van der Waals surface area contributed by atoms with Crippen molar-refractivity contribution in [1.29, 1.82) is 0 Å². The van der Waals surface area contributed by atoms with Gasteiger partial charge in [-0.25, -0.2) is 13.1 Å². The molecular formula is C17H20N4O3S. The number of benzene rings is 1. The Hall–Kier alpha value is -2.45. The van der Waals surface area contributed by atoms with Gasteiger partial charge in [0, 0.05) is 24.2 Å². The van der Waals surface area contributed by atoms with Crippen molar-refractivity contribution in [3.05, 3.63) is 48.8 Å². The van der Waals surface area contributed by atoms with Crippen LogP contribution in [0.5, 0.6) is 5.75 Å². The summed E-state index contributed by atoms with van der Waals surface area (Å²) in [6, 6.07) is 10.9. The summed E-state index contributed by atoms with van der Waals surface area (Å²) in [7, 11) is -3.63. The van der Waals surface area contributed by atoms with Crippen molar-refractivity contribution in [2.24, 2.45) is 0 Å². The molecule has 0 saturated heterocycles. The molecule has 132 valence electrons. The summed E-state index contributed by atoms with van der Waals surface area (Å²) in [5.74, 6) is 0.629. The van der Waals surface area contributed by atoms with E-state index in [-0.39, 0.29) is 24.2 Å². The third-order valence-corrected chi connectivity index (χ3v) is 5.10. The predicted octanol–water partition coefficient (Wildman–Crippen LogP) is 2.37. The van der Waals surface area contributed by atoms with Crippen LogP contribution in [-0.2, 0) is 10.0 Å². The average molecular weight is 360 g/mol. The van der Waals surface area contributed by atoms with Crippen molar-refractivity contribution in [3.63, 3.8) is 0 Å². The summed E-state index contributed by atoms with van der Waals surface area (Å²) in [6.45, 7) is 4.10. The maximum absolute atomic E-state index is 12.4. The highest BCUT2D eigenvalue weighted by atomic mass is 32.2. The molecule has 7 nitrogen and oxygen atoms in total. The first-order valence-electron chi connectivity index (χ1n) is 7.99. The topological polar surface area (TPSA) is 86.1 Å². The molecule has 0 spiro atoms. The standard InChI is InChI=1S/C17H20N4O3S/c1-13(2)21-16(8-10-19-21)25(22,23)20-11-12-24-15-7-3-5-14-6-4-9-18-17(14)15/h3-10,13,20H,11-12H2,1-2H3. The van der Waals surface area contributed by atoms with Crippen LogP contribution in [0.25, 0.3) is 10.9 Å². The molecule has 3 aromatic rings. The Morgan fingerprint density at radius 3 is 2.76 bits per heavy atom. The molecule has 1 aromatic carbocycles. The monoisotopic (exact) mass is 360 g/mol. The molecule has 25 heavy (non-hydrogen) atoms. The number of rotatable bonds is 7. The number of pyridine rings is 1. The smallest absolute Gasteiger partial charge is 0.257 e. The second-order valence-corrected chi connectivity index (χ2v) is 7.50. The molecular weight excluding hydrogens is 340 g/mol. The molecule has 3 rings (SSSR count). The van der Waals surface area contributed by atoms with Crippen molar-refractivity contribution in [2.45, 2.75) is 24.9 Å². The number of sulfonamides is 1. The molecule has 0 saturated carbocycles. The van der Waals surface area contributed by atoms with Gasteiger partial charge in [0.2, 0.25) is 0 Å². The first-order chi connectivity index (χ1) is 12.0. The van der Waals surface area contributed by atoms with E-state index in [1.807, 2.05) is 44.2 Å². The Balaban J connectivity index is 1.64. The van der Waals surface area contributed by atoms with Crippen molar-refractivity contribution < 1.29 is 13.2 Å². The van der Waals surface area contributed by atoms with Gasteiger partial charge in [-0.05, 0) is 32.0 Å². The van der Waals surface area contributed by atoms with E-state index in [0.717, 1.165) is 10.9 Å². The first-order valence-corrected chi connectivity index (χ1v) is 9.47. The molecule has 0 aliphatic heterocycles. The number of aromatic nitrogens is 3. The van der Waals surface area contributed by atoms with Crippen LogP contribution in [0.3, 0.4) is 0 Å². The Bertz CT molecular complexity index is 961. The fraction of sp³-hybridized carbons (Fsp3) is 0.294. The zero-order valence-corrected chi connectivity index (χ0v) is 14.9. The fourth-order valence-corrected chi connectivity index (χ4v) is 3.75. The lowest BCUT2D eigenvalue weighted by Gasteiger charge is -2.13. The molecule has 2 heterocycles. The Kier molecular flexibility index (Phi) is 5.00. The van der Waals surface area contributed by atoms with Crippen LogP contribution in [0, 0.1) is 0 Å². The summed E-state index contributed by atoms with van der Waals surface area (Å²) >= 11 is 0. The average Bonchev–Trinajstić information content (AvgIpc) is 3.10. The van der Waals surface area contributed by atoms with Crippen LogP contribution in [0.1, 0.15) is 19.9 Å². The van der Waals surface area contributed by atoms with Crippen LogP contribution in [0.4, 0.5) is 0 Å². The zero-order chi connectivity index (χ0) is 17.9. The largest absolute Gasteiger partial charge is 0.490 e. The SMILES string of the molecule is CC(C)n1nccc1S(=O)(=O)NCCOc1cccc2cccnc12. The van der Waals surface area contributed by atoms with Gasteiger partial charge in [0.1, 0.15) is 17.9 Å². The highest BCUT2D eigenvalue weighted by molar-refractivity contribution is 7.89. The minimum atomic E-state index is -3.63. The van der Waals surface area contributed by atoms with E-state index in [1.165, 1.54) is 16.9 Å². The number of nitrogens with one attached hydrogen (secondary N) is 1. The molecule has 0 radical (unpaired) electrons. The van der Waals surface area contributed by atoms with E-state index in [4.69, 9.17) is 4.74 Å². The Morgan fingerprint density at radius 2 is 1.96 bits per heavy atom. The summed E-state index contributed by atoms with van der Waals surface area (Å²) in [5, 5.41) is 5.17. The van der Waals surface area contributed by atoms with Crippen molar-refractivity contribution in [3.8, 4) is 5.75 Å². The van der Waals surface area contributed by atoms with E-state index < -0.39 is 10.0 Å². The third kappa shape index (κ3) is 3.80. The van der Waals surface area contributed by atoms with Crippen LogP contribution >= 0.6 is 0 Å². The highest BCUT2D eigenvalue weighted by Gasteiger charge is 2.20. The quantitative estimate of drug-likeness (QED) is 0.654.